The van der Waals surface area contributed by atoms with Crippen molar-refractivity contribution in [1.29, 1.82) is 0 Å². The van der Waals surface area contributed by atoms with Gasteiger partial charge >= 0.3 is 6.61 Å². The molecule has 10 heteroatoms. The van der Waals surface area contributed by atoms with Crippen LogP contribution in [0.4, 0.5) is 17.6 Å². The van der Waals surface area contributed by atoms with Crippen LogP contribution in [0, 0.1) is 11.6 Å². The molecule has 0 N–H and O–H groups in total. The molecule has 0 aliphatic heterocycles. The summed E-state index contributed by atoms with van der Waals surface area (Å²) in [5, 5.41) is 8.16. The van der Waals surface area contributed by atoms with Crippen LogP contribution in [0.2, 0.25) is 0 Å². The molecule has 2 heterocycles. The zero-order valence-corrected chi connectivity index (χ0v) is 15.5. The molecule has 30 heavy (non-hydrogen) atoms. The monoisotopic (exact) mass is 418 g/mol. The Labute approximate surface area is 167 Å². The normalized spacial score (nSPS) is 12.3. The standard InChI is InChI=1S/C20H14F4N4O2/c1-11(13-4-7-15(21)16(22)8-13)29-18-10-25-9-17-26-27-19(28(17)18)12-2-5-14(6-3-12)30-20(23)24/h2-11,20H,1H3. The Balaban J connectivity index is 1.68. The summed E-state index contributed by atoms with van der Waals surface area (Å²) in [7, 11) is 0. The van der Waals surface area contributed by atoms with E-state index in [-0.39, 0.29) is 11.6 Å². The largest absolute Gasteiger partial charge is 0.470 e. The summed E-state index contributed by atoms with van der Waals surface area (Å²) < 4.78 is 63.3. The van der Waals surface area contributed by atoms with Gasteiger partial charge in [0, 0.05) is 5.56 Å². The van der Waals surface area contributed by atoms with Gasteiger partial charge in [-0.25, -0.2) is 13.2 Å². The summed E-state index contributed by atoms with van der Waals surface area (Å²) >= 11 is 0. The topological polar surface area (TPSA) is 61.5 Å². The number of aromatic nitrogens is 4. The maximum absolute atomic E-state index is 13.6. The summed E-state index contributed by atoms with van der Waals surface area (Å²) in [6, 6.07) is 9.38. The Kier molecular flexibility index (Phi) is 5.21. The Morgan fingerprint density at radius 3 is 2.37 bits per heavy atom. The van der Waals surface area contributed by atoms with Crippen molar-refractivity contribution in [3.8, 4) is 23.0 Å². The van der Waals surface area contributed by atoms with Crippen LogP contribution in [0.15, 0.2) is 54.9 Å². The minimum Gasteiger partial charge on any atom is -0.470 e. The maximum atomic E-state index is 13.6. The number of rotatable bonds is 6. The predicted molar refractivity (Wildman–Crippen MR) is 98.3 cm³/mol. The molecule has 4 rings (SSSR count). The lowest BCUT2D eigenvalue weighted by atomic mass is 10.1. The van der Waals surface area contributed by atoms with Crippen LogP contribution in [-0.2, 0) is 0 Å². The van der Waals surface area contributed by atoms with E-state index in [2.05, 4.69) is 19.9 Å². The van der Waals surface area contributed by atoms with Crippen molar-refractivity contribution in [2.45, 2.75) is 19.6 Å². The molecular weight excluding hydrogens is 404 g/mol. The Morgan fingerprint density at radius 2 is 1.67 bits per heavy atom. The molecule has 1 unspecified atom stereocenters. The van der Waals surface area contributed by atoms with Crippen molar-refractivity contribution in [3.63, 3.8) is 0 Å². The van der Waals surface area contributed by atoms with E-state index in [1.165, 1.54) is 30.6 Å². The molecule has 2 aromatic carbocycles. The van der Waals surface area contributed by atoms with Crippen LogP contribution in [0.5, 0.6) is 11.6 Å². The van der Waals surface area contributed by atoms with E-state index >= 15 is 0 Å². The SMILES string of the molecule is CC(Oc1cncc2nnc(-c3ccc(OC(F)F)cc3)n12)c1ccc(F)c(F)c1. The molecule has 0 radical (unpaired) electrons. The fourth-order valence-electron chi connectivity index (χ4n) is 2.89. The summed E-state index contributed by atoms with van der Waals surface area (Å²) in [4.78, 5) is 4.06. The van der Waals surface area contributed by atoms with Gasteiger partial charge in [-0.15, -0.1) is 10.2 Å². The van der Waals surface area contributed by atoms with E-state index in [1.54, 1.807) is 23.5 Å². The highest BCUT2D eigenvalue weighted by molar-refractivity contribution is 5.61. The van der Waals surface area contributed by atoms with E-state index in [0.29, 0.717) is 22.6 Å². The highest BCUT2D eigenvalue weighted by Crippen LogP contribution is 2.28. The number of halogens is 4. The van der Waals surface area contributed by atoms with Gasteiger partial charge in [0.2, 0.25) is 5.88 Å². The van der Waals surface area contributed by atoms with Crippen molar-refractivity contribution in [1.82, 2.24) is 19.6 Å². The first-order valence-electron chi connectivity index (χ1n) is 8.78. The quantitative estimate of drug-likeness (QED) is 0.421. The summed E-state index contributed by atoms with van der Waals surface area (Å²) in [5.41, 5.74) is 1.38. The van der Waals surface area contributed by atoms with E-state index in [4.69, 9.17) is 4.74 Å². The molecule has 0 amide bonds. The second kappa shape index (κ2) is 7.97. The Hall–Kier alpha value is -3.69. The maximum Gasteiger partial charge on any atom is 0.387 e. The van der Waals surface area contributed by atoms with E-state index in [0.717, 1.165) is 12.1 Å². The van der Waals surface area contributed by atoms with Gasteiger partial charge in [0.15, 0.2) is 23.1 Å². The lowest BCUT2D eigenvalue weighted by Gasteiger charge is -2.16. The van der Waals surface area contributed by atoms with E-state index in [1.807, 2.05) is 0 Å². The molecule has 0 fully saturated rings. The number of alkyl halides is 2. The fraction of sp³-hybridized carbons (Fsp3) is 0.150. The highest BCUT2D eigenvalue weighted by Gasteiger charge is 2.17. The number of hydrogen-bond acceptors (Lipinski definition) is 5. The van der Waals surface area contributed by atoms with Crippen LogP contribution in [0.3, 0.4) is 0 Å². The smallest absolute Gasteiger partial charge is 0.387 e. The van der Waals surface area contributed by atoms with Gasteiger partial charge < -0.3 is 9.47 Å². The highest BCUT2D eigenvalue weighted by atomic mass is 19.3. The minimum atomic E-state index is -2.92. The lowest BCUT2D eigenvalue weighted by Crippen LogP contribution is -2.08. The molecule has 2 aromatic heterocycles. The van der Waals surface area contributed by atoms with Crippen molar-refractivity contribution in [3.05, 3.63) is 72.1 Å². The van der Waals surface area contributed by atoms with Crippen molar-refractivity contribution in [2.75, 3.05) is 0 Å². The van der Waals surface area contributed by atoms with Crippen molar-refractivity contribution >= 4 is 5.65 Å². The van der Waals surface area contributed by atoms with Gasteiger partial charge in [-0.1, -0.05) is 6.07 Å². The van der Waals surface area contributed by atoms with Crippen LogP contribution in [0.1, 0.15) is 18.6 Å². The Morgan fingerprint density at radius 1 is 0.900 bits per heavy atom. The van der Waals surface area contributed by atoms with Crippen LogP contribution >= 0.6 is 0 Å². The second-order valence-corrected chi connectivity index (χ2v) is 6.30. The summed E-state index contributed by atoms with van der Waals surface area (Å²) in [6.45, 7) is -1.25. The zero-order chi connectivity index (χ0) is 21.3. The van der Waals surface area contributed by atoms with E-state index < -0.39 is 24.3 Å². The van der Waals surface area contributed by atoms with Crippen LogP contribution in [-0.4, -0.2) is 26.2 Å². The molecule has 154 valence electrons. The number of hydrogen-bond donors (Lipinski definition) is 0. The van der Waals surface area contributed by atoms with Gasteiger partial charge in [0.25, 0.3) is 0 Å². The molecule has 0 aliphatic rings. The third kappa shape index (κ3) is 3.88. The number of fused-ring (bicyclic) bond motifs is 1. The molecule has 0 saturated carbocycles. The van der Waals surface area contributed by atoms with Crippen molar-refractivity contribution in [2.24, 2.45) is 0 Å². The van der Waals surface area contributed by atoms with Gasteiger partial charge in [0.1, 0.15) is 11.9 Å². The van der Waals surface area contributed by atoms with Crippen LogP contribution < -0.4 is 9.47 Å². The fourth-order valence-corrected chi connectivity index (χ4v) is 2.89. The molecule has 6 nitrogen and oxygen atoms in total. The first-order chi connectivity index (χ1) is 14.4. The van der Waals surface area contributed by atoms with Gasteiger partial charge in [-0.05, 0) is 48.9 Å². The van der Waals surface area contributed by atoms with Gasteiger partial charge in [-0.2, -0.15) is 8.78 Å². The average molecular weight is 418 g/mol. The number of ether oxygens (including phenoxy) is 2. The first kappa shape index (κ1) is 19.6. The molecule has 1 atom stereocenters. The molecule has 0 saturated heterocycles. The molecule has 0 spiro atoms. The number of benzene rings is 2. The van der Waals surface area contributed by atoms with E-state index in [9.17, 15) is 17.6 Å². The molecule has 0 bridgehead atoms. The van der Waals surface area contributed by atoms with Crippen LogP contribution in [0.25, 0.3) is 17.0 Å². The van der Waals surface area contributed by atoms with Gasteiger partial charge in [-0.3, -0.25) is 4.98 Å². The Bertz CT molecular complexity index is 1180. The number of nitrogens with zero attached hydrogens (tertiary/aromatic N) is 4. The molecule has 4 aromatic rings. The minimum absolute atomic E-state index is 0.00710. The molecular formula is C20H14F4N4O2. The lowest BCUT2D eigenvalue weighted by molar-refractivity contribution is -0.0498. The predicted octanol–water partition coefficient (Wildman–Crippen LogP) is 4.81. The zero-order valence-electron chi connectivity index (χ0n) is 15.5. The molecule has 0 aliphatic carbocycles. The van der Waals surface area contributed by atoms with Crippen molar-refractivity contribution < 1.29 is 27.0 Å². The summed E-state index contributed by atoms with van der Waals surface area (Å²) in [6.07, 6.45) is 2.27. The summed E-state index contributed by atoms with van der Waals surface area (Å²) in [5.74, 6) is -1.28. The third-order valence-electron chi connectivity index (χ3n) is 4.33. The third-order valence-corrected chi connectivity index (χ3v) is 4.33. The van der Waals surface area contributed by atoms with Gasteiger partial charge in [0.05, 0.1) is 12.4 Å². The first-order valence-corrected chi connectivity index (χ1v) is 8.78. The second-order valence-electron chi connectivity index (χ2n) is 6.30. The average Bonchev–Trinajstić information content (AvgIpc) is 3.15.